The van der Waals surface area contributed by atoms with E-state index in [1.54, 1.807) is 0 Å². The Labute approximate surface area is 135 Å². The molecule has 0 aliphatic rings. The summed E-state index contributed by atoms with van der Waals surface area (Å²) in [5.41, 5.74) is 4.33. The third kappa shape index (κ3) is 3.74. The number of nitrogens with zero attached hydrogens (tertiary/aromatic N) is 3. The zero-order valence-corrected chi connectivity index (χ0v) is 14.2. The number of aromatic nitrogens is 2. The van der Waals surface area contributed by atoms with Gasteiger partial charge < -0.3 is 10.2 Å². The molecule has 4 nitrogen and oxygen atoms in total. The average Bonchev–Trinajstić information content (AvgIpc) is 2.68. The zero-order chi connectivity index (χ0) is 15.6. The predicted molar refractivity (Wildman–Crippen MR) is 91.8 cm³/mol. The summed E-state index contributed by atoms with van der Waals surface area (Å²) in [6.07, 6.45) is 0. The summed E-state index contributed by atoms with van der Waals surface area (Å²) in [5, 5.41) is 9.01. The van der Waals surface area contributed by atoms with Gasteiger partial charge in [0.1, 0.15) is 0 Å². The van der Waals surface area contributed by atoms with Crippen LogP contribution in [0.15, 0.2) is 24.3 Å². The van der Waals surface area contributed by atoms with Crippen LogP contribution in [0, 0.1) is 13.8 Å². The SMILES string of the molecule is Cc1nn(C)c(C)c1CN(C)C(=S)Nc1ccc(Cl)cc1. The second-order valence-electron chi connectivity index (χ2n) is 5.07. The van der Waals surface area contributed by atoms with Crippen LogP contribution in [0.2, 0.25) is 5.02 Å². The Balaban J connectivity index is 2.04. The molecule has 1 aromatic carbocycles. The summed E-state index contributed by atoms with van der Waals surface area (Å²) < 4.78 is 1.90. The van der Waals surface area contributed by atoms with Crippen molar-refractivity contribution in [2.24, 2.45) is 7.05 Å². The Hall–Kier alpha value is -1.59. The number of nitrogens with one attached hydrogen (secondary N) is 1. The first kappa shape index (κ1) is 15.8. The molecular formula is C15H19ClN4S. The standard InChI is InChI=1S/C15H19ClN4S/c1-10-14(11(2)20(4)18-10)9-19(3)15(21)17-13-7-5-12(16)6-8-13/h5-8H,9H2,1-4H3,(H,17,21). The fraction of sp³-hybridized carbons (Fsp3) is 0.333. The van der Waals surface area contributed by atoms with Gasteiger partial charge in [-0.3, -0.25) is 4.68 Å². The van der Waals surface area contributed by atoms with E-state index in [0.29, 0.717) is 10.1 Å². The maximum absolute atomic E-state index is 5.87. The van der Waals surface area contributed by atoms with E-state index >= 15 is 0 Å². The predicted octanol–water partition coefficient (Wildman–Crippen LogP) is 3.52. The van der Waals surface area contributed by atoms with Gasteiger partial charge >= 0.3 is 0 Å². The van der Waals surface area contributed by atoms with Crippen molar-refractivity contribution in [1.29, 1.82) is 0 Å². The average molecular weight is 323 g/mol. The van der Waals surface area contributed by atoms with E-state index in [1.165, 1.54) is 5.56 Å². The molecule has 0 aliphatic carbocycles. The highest BCUT2D eigenvalue weighted by molar-refractivity contribution is 7.80. The minimum atomic E-state index is 0.667. The van der Waals surface area contributed by atoms with Crippen LogP contribution >= 0.6 is 23.8 Å². The molecule has 0 saturated carbocycles. The summed E-state index contributed by atoms with van der Waals surface area (Å²) in [4.78, 5) is 2.00. The van der Waals surface area contributed by atoms with Crippen molar-refractivity contribution >= 4 is 34.6 Å². The van der Waals surface area contributed by atoms with Crippen molar-refractivity contribution in [1.82, 2.24) is 14.7 Å². The lowest BCUT2D eigenvalue weighted by Crippen LogP contribution is -2.30. The van der Waals surface area contributed by atoms with Crippen LogP contribution in [0.1, 0.15) is 17.0 Å². The minimum absolute atomic E-state index is 0.667. The molecule has 21 heavy (non-hydrogen) atoms. The van der Waals surface area contributed by atoms with Gasteiger partial charge in [0.15, 0.2) is 5.11 Å². The van der Waals surface area contributed by atoms with Gasteiger partial charge in [0.05, 0.1) is 5.69 Å². The van der Waals surface area contributed by atoms with Crippen molar-refractivity contribution in [3.8, 4) is 0 Å². The van der Waals surface area contributed by atoms with Gasteiger partial charge in [-0.1, -0.05) is 11.6 Å². The zero-order valence-electron chi connectivity index (χ0n) is 12.6. The lowest BCUT2D eigenvalue weighted by Gasteiger charge is -2.21. The van der Waals surface area contributed by atoms with Crippen LogP contribution < -0.4 is 5.32 Å². The summed E-state index contributed by atoms with van der Waals surface area (Å²) >= 11 is 11.3. The highest BCUT2D eigenvalue weighted by Crippen LogP contribution is 2.16. The second-order valence-corrected chi connectivity index (χ2v) is 5.89. The normalized spacial score (nSPS) is 10.5. The van der Waals surface area contributed by atoms with E-state index in [4.69, 9.17) is 23.8 Å². The quantitative estimate of drug-likeness (QED) is 0.877. The molecule has 0 bridgehead atoms. The van der Waals surface area contributed by atoms with E-state index < -0.39 is 0 Å². The highest BCUT2D eigenvalue weighted by atomic mass is 35.5. The first-order chi connectivity index (χ1) is 9.88. The van der Waals surface area contributed by atoms with Crippen molar-refractivity contribution in [2.75, 3.05) is 12.4 Å². The van der Waals surface area contributed by atoms with Crippen molar-refractivity contribution < 1.29 is 0 Å². The van der Waals surface area contributed by atoms with Crippen LogP contribution in [0.4, 0.5) is 5.69 Å². The van der Waals surface area contributed by atoms with Gasteiger partial charge in [0.2, 0.25) is 0 Å². The van der Waals surface area contributed by atoms with E-state index in [0.717, 1.165) is 23.6 Å². The van der Waals surface area contributed by atoms with Crippen LogP contribution in [-0.4, -0.2) is 26.8 Å². The van der Waals surface area contributed by atoms with E-state index in [-0.39, 0.29) is 0 Å². The molecule has 0 amide bonds. The molecule has 0 saturated heterocycles. The fourth-order valence-corrected chi connectivity index (χ4v) is 2.42. The molecule has 2 aromatic rings. The van der Waals surface area contributed by atoms with E-state index in [2.05, 4.69) is 17.3 Å². The molecule has 112 valence electrons. The van der Waals surface area contributed by atoms with Gasteiger partial charge in [0, 0.05) is 42.6 Å². The summed E-state index contributed by atoms with van der Waals surface area (Å²) in [5.74, 6) is 0. The lowest BCUT2D eigenvalue weighted by molar-refractivity contribution is 0.505. The number of thiocarbonyl (C=S) groups is 1. The Bertz CT molecular complexity index is 648. The Morgan fingerprint density at radius 2 is 1.95 bits per heavy atom. The number of hydrogen-bond donors (Lipinski definition) is 1. The smallest absolute Gasteiger partial charge is 0.173 e. The number of hydrogen-bond acceptors (Lipinski definition) is 2. The molecule has 0 spiro atoms. The van der Waals surface area contributed by atoms with Crippen LogP contribution in [0.3, 0.4) is 0 Å². The molecular weight excluding hydrogens is 304 g/mol. The third-order valence-electron chi connectivity index (χ3n) is 3.50. The fourth-order valence-electron chi connectivity index (χ4n) is 2.11. The second kappa shape index (κ2) is 6.45. The molecule has 6 heteroatoms. The Morgan fingerprint density at radius 1 is 1.33 bits per heavy atom. The number of halogens is 1. The number of aryl methyl sites for hydroxylation is 2. The monoisotopic (exact) mass is 322 g/mol. The first-order valence-electron chi connectivity index (χ1n) is 6.65. The molecule has 1 aromatic heterocycles. The van der Waals surface area contributed by atoms with E-state index in [9.17, 15) is 0 Å². The molecule has 0 atom stereocenters. The van der Waals surface area contributed by atoms with Gasteiger partial charge in [-0.05, 0) is 50.3 Å². The van der Waals surface area contributed by atoms with Crippen molar-refractivity contribution in [3.63, 3.8) is 0 Å². The molecule has 0 aliphatic heterocycles. The Morgan fingerprint density at radius 3 is 2.48 bits per heavy atom. The maximum atomic E-state index is 5.87. The summed E-state index contributed by atoms with van der Waals surface area (Å²) in [6.45, 7) is 4.82. The topological polar surface area (TPSA) is 33.1 Å². The van der Waals surface area contributed by atoms with Gasteiger partial charge in [0.25, 0.3) is 0 Å². The van der Waals surface area contributed by atoms with Gasteiger partial charge in [-0.2, -0.15) is 5.10 Å². The Kier molecular flexibility index (Phi) is 4.85. The van der Waals surface area contributed by atoms with Gasteiger partial charge in [-0.25, -0.2) is 0 Å². The number of benzene rings is 1. The van der Waals surface area contributed by atoms with Crippen molar-refractivity contribution in [2.45, 2.75) is 20.4 Å². The largest absolute Gasteiger partial charge is 0.348 e. The minimum Gasteiger partial charge on any atom is -0.348 e. The van der Waals surface area contributed by atoms with Crippen LogP contribution in [0.25, 0.3) is 0 Å². The number of anilines is 1. The van der Waals surface area contributed by atoms with Crippen LogP contribution in [0.5, 0.6) is 0 Å². The maximum Gasteiger partial charge on any atom is 0.173 e. The highest BCUT2D eigenvalue weighted by Gasteiger charge is 2.13. The van der Waals surface area contributed by atoms with Crippen molar-refractivity contribution in [3.05, 3.63) is 46.2 Å². The van der Waals surface area contributed by atoms with Crippen LogP contribution in [-0.2, 0) is 13.6 Å². The molecule has 0 fully saturated rings. The first-order valence-corrected chi connectivity index (χ1v) is 7.44. The molecule has 1 heterocycles. The van der Waals surface area contributed by atoms with Gasteiger partial charge in [-0.15, -0.1) is 0 Å². The molecule has 0 radical (unpaired) electrons. The number of rotatable bonds is 3. The third-order valence-corrected chi connectivity index (χ3v) is 4.16. The summed E-state index contributed by atoms with van der Waals surface area (Å²) in [6, 6.07) is 7.48. The molecule has 0 unspecified atom stereocenters. The van der Waals surface area contributed by atoms with E-state index in [1.807, 2.05) is 54.9 Å². The molecule has 1 N–H and O–H groups in total. The molecule has 2 rings (SSSR count). The summed E-state index contributed by atoms with van der Waals surface area (Å²) in [7, 11) is 3.92. The lowest BCUT2D eigenvalue weighted by atomic mass is 10.2.